The van der Waals surface area contributed by atoms with E-state index in [1.807, 2.05) is 0 Å². The monoisotopic (exact) mass is 424 g/mol. The Hall–Kier alpha value is -1.68. The summed E-state index contributed by atoms with van der Waals surface area (Å²) < 4.78 is 0.756. The lowest BCUT2D eigenvalue weighted by atomic mass is 9.73. The van der Waals surface area contributed by atoms with Crippen molar-refractivity contribution in [3.63, 3.8) is 0 Å². The maximum Gasteiger partial charge on any atom is 0.144 e. The molecule has 3 nitrogen and oxygen atoms in total. The highest BCUT2D eigenvalue weighted by Crippen LogP contribution is 2.51. The molecular formula is C28H42NO2+. The molecule has 1 heterocycles. The van der Waals surface area contributed by atoms with Gasteiger partial charge in [0.25, 0.3) is 0 Å². The van der Waals surface area contributed by atoms with Gasteiger partial charge in [0.2, 0.25) is 0 Å². The van der Waals surface area contributed by atoms with Gasteiger partial charge < -0.3 is 14.7 Å². The number of aliphatic hydroxyl groups excluding tert-OH is 1. The van der Waals surface area contributed by atoms with Crippen LogP contribution >= 0.6 is 0 Å². The highest BCUT2D eigenvalue weighted by atomic mass is 16.3. The third kappa shape index (κ3) is 4.46. The first-order valence-electron chi connectivity index (χ1n) is 11.8. The lowest BCUT2D eigenvalue weighted by molar-refractivity contribution is -0.912. The van der Waals surface area contributed by atoms with Crippen LogP contribution in [-0.2, 0) is 6.42 Å². The number of likely N-dealkylation sites (N-methyl/N-ethyl adjacent to an activating group) is 1. The van der Waals surface area contributed by atoms with Gasteiger partial charge in [-0.2, -0.15) is 0 Å². The van der Waals surface area contributed by atoms with Crippen LogP contribution in [0.25, 0.3) is 0 Å². The molecule has 4 unspecified atom stereocenters. The van der Waals surface area contributed by atoms with Gasteiger partial charge in [0.15, 0.2) is 0 Å². The molecule has 0 bridgehead atoms. The Bertz CT molecular complexity index is 928. The molecule has 1 fully saturated rings. The number of hydrogen-bond donors (Lipinski definition) is 2. The van der Waals surface area contributed by atoms with Crippen LogP contribution in [0, 0.1) is 33.6 Å². The summed E-state index contributed by atoms with van der Waals surface area (Å²) in [6, 6.07) is 11.1. The molecule has 0 aromatic heterocycles. The van der Waals surface area contributed by atoms with E-state index in [-0.39, 0.29) is 24.5 Å². The molecule has 4 atom stereocenters. The van der Waals surface area contributed by atoms with Crippen LogP contribution in [0.3, 0.4) is 0 Å². The fourth-order valence-electron chi connectivity index (χ4n) is 6.56. The topological polar surface area (TPSA) is 40.5 Å². The van der Waals surface area contributed by atoms with Gasteiger partial charge >= 0.3 is 0 Å². The summed E-state index contributed by atoms with van der Waals surface area (Å²) in [5.41, 5.74) is 7.81. The zero-order valence-electron chi connectivity index (χ0n) is 20.8. The molecule has 170 valence electrons. The Kier molecular flexibility index (Phi) is 6.72. The van der Waals surface area contributed by atoms with E-state index in [0.717, 1.165) is 17.4 Å². The fourth-order valence-corrected chi connectivity index (χ4v) is 6.56. The second-order valence-corrected chi connectivity index (χ2v) is 10.8. The van der Waals surface area contributed by atoms with Crippen molar-refractivity contribution < 1.29 is 14.7 Å². The third-order valence-corrected chi connectivity index (χ3v) is 7.57. The molecule has 1 aliphatic heterocycles. The van der Waals surface area contributed by atoms with E-state index < -0.39 is 5.60 Å². The van der Waals surface area contributed by atoms with Crippen molar-refractivity contribution in [1.82, 2.24) is 0 Å². The Labute approximate surface area is 189 Å². The molecule has 2 N–H and O–H groups in total. The molecule has 1 aliphatic rings. The van der Waals surface area contributed by atoms with Crippen LogP contribution in [0.2, 0.25) is 0 Å². The Morgan fingerprint density at radius 1 is 1.00 bits per heavy atom. The highest BCUT2D eigenvalue weighted by Gasteiger charge is 2.59. The molecule has 3 heteroatoms. The van der Waals surface area contributed by atoms with E-state index in [2.05, 4.69) is 86.0 Å². The summed E-state index contributed by atoms with van der Waals surface area (Å²) in [5.74, 6) is 0.0610. The normalized spacial score (nSPS) is 26.3. The minimum atomic E-state index is -0.889. The molecule has 0 saturated carbocycles. The second kappa shape index (κ2) is 8.69. The van der Waals surface area contributed by atoms with Gasteiger partial charge in [0.1, 0.15) is 11.6 Å². The van der Waals surface area contributed by atoms with Crippen LogP contribution in [0.5, 0.6) is 0 Å². The average molecular weight is 425 g/mol. The summed E-state index contributed by atoms with van der Waals surface area (Å²) in [6.45, 7) is 13.9. The lowest BCUT2D eigenvalue weighted by Crippen LogP contribution is -2.47. The summed E-state index contributed by atoms with van der Waals surface area (Å²) in [6.07, 6.45) is 1.51. The largest absolute Gasteiger partial charge is 0.396 e. The van der Waals surface area contributed by atoms with Crippen molar-refractivity contribution in [2.45, 2.75) is 71.9 Å². The van der Waals surface area contributed by atoms with Crippen molar-refractivity contribution in [3.05, 3.63) is 69.3 Å². The Balaban J connectivity index is 2.10. The highest BCUT2D eigenvalue weighted by molar-refractivity contribution is 5.41. The van der Waals surface area contributed by atoms with E-state index in [9.17, 15) is 10.2 Å². The maximum absolute atomic E-state index is 12.3. The van der Waals surface area contributed by atoms with Crippen LogP contribution < -0.4 is 0 Å². The first-order chi connectivity index (χ1) is 14.4. The SMILES string of the molecule is CCc1c(C)cc(C)cc1C(CO)CC1(O)C(C)C[N+](C)(C)C1c1cc(C)cc(C)c1. The summed E-state index contributed by atoms with van der Waals surface area (Å²) in [4.78, 5) is 0. The minimum Gasteiger partial charge on any atom is -0.396 e. The van der Waals surface area contributed by atoms with E-state index >= 15 is 0 Å². The number of benzene rings is 2. The van der Waals surface area contributed by atoms with Gasteiger partial charge in [-0.05, 0) is 57.2 Å². The number of aryl methyl sites for hydroxylation is 4. The predicted octanol–water partition coefficient (Wildman–Crippen LogP) is 5.15. The van der Waals surface area contributed by atoms with Gasteiger partial charge in [0.05, 0.1) is 27.2 Å². The van der Waals surface area contributed by atoms with E-state index in [0.29, 0.717) is 6.42 Å². The average Bonchev–Trinajstić information content (AvgIpc) is 2.82. The minimum absolute atomic E-state index is 0.0221. The summed E-state index contributed by atoms with van der Waals surface area (Å²) >= 11 is 0. The van der Waals surface area contributed by atoms with Crippen molar-refractivity contribution in [2.24, 2.45) is 5.92 Å². The summed E-state index contributed by atoms with van der Waals surface area (Å²) in [5, 5.41) is 22.8. The van der Waals surface area contributed by atoms with E-state index in [1.54, 1.807) is 0 Å². The van der Waals surface area contributed by atoms with Gasteiger partial charge in [0, 0.05) is 17.4 Å². The molecule has 0 radical (unpaired) electrons. The van der Waals surface area contributed by atoms with Gasteiger partial charge in [-0.3, -0.25) is 0 Å². The quantitative estimate of drug-likeness (QED) is 0.630. The number of nitrogens with zero attached hydrogens (tertiary/aromatic N) is 1. The Morgan fingerprint density at radius 3 is 2.13 bits per heavy atom. The van der Waals surface area contributed by atoms with Crippen LogP contribution in [0.15, 0.2) is 30.3 Å². The molecule has 2 aromatic carbocycles. The third-order valence-electron chi connectivity index (χ3n) is 7.57. The van der Waals surface area contributed by atoms with Crippen molar-refractivity contribution in [1.29, 1.82) is 0 Å². The smallest absolute Gasteiger partial charge is 0.144 e. The van der Waals surface area contributed by atoms with Gasteiger partial charge in [-0.25, -0.2) is 0 Å². The first-order valence-corrected chi connectivity index (χ1v) is 11.8. The number of quaternary nitrogens is 1. The summed E-state index contributed by atoms with van der Waals surface area (Å²) in [7, 11) is 4.47. The molecule has 1 saturated heterocycles. The zero-order valence-corrected chi connectivity index (χ0v) is 20.8. The predicted molar refractivity (Wildman–Crippen MR) is 129 cm³/mol. The Morgan fingerprint density at radius 2 is 1.58 bits per heavy atom. The van der Waals surface area contributed by atoms with Crippen molar-refractivity contribution in [2.75, 3.05) is 27.2 Å². The number of aliphatic hydroxyl groups is 2. The molecule has 31 heavy (non-hydrogen) atoms. The van der Waals surface area contributed by atoms with Crippen molar-refractivity contribution >= 4 is 0 Å². The standard InChI is InChI=1S/C28H42NO2/c1-9-25-21(5)11-20(4)14-26(25)24(17-30)15-28(31)22(6)16-29(7,8)27(28)23-12-18(2)10-19(3)13-23/h10-14,22,24,27,30-31H,9,15-17H2,1-8H3/q+1. The molecule has 0 amide bonds. The number of rotatable bonds is 6. The second-order valence-electron chi connectivity index (χ2n) is 10.8. The number of hydrogen-bond acceptors (Lipinski definition) is 2. The molecule has 0 aliphatic carbocycles. The van der Waals surface area contributed by atoms with Crippen LogP contribution in [-0.4, -0.2) is 47.5 Å². The maximum atomic E-state index is 12.3. The van der Waals surface area contributed by atoms with E-state index in [4.69, 9.17) is 0 Å². The molecule has 0 spiro atoms. The van der Waals surface area contributed by atoms with Gasteiger partial charge in [-0.15, -0.1) is 0 Å². The zero-order chi connectivity index (χ0) is 23.1. The lowest BCUT2D eigenvalue weighted by Gasteiger charge is -2.40. The van der Waals surface area contributed by atoms with E-state index in [1.165, 1.54) is 38.9 Å². The van der Waals surface area contributed by atoms with Gasteiger partial charge in [-0.1, -0.05) is 60.9 Å². The molecular weight excluding hydrogens is 382 g/mol. The molecule has 2 aromatic rings. The first kappa shape index (κ1) is 24.0. The van der Waals surface area contributed by atoms with Crippen molar-refractivity contribution in [3.8, 4) is 0 Å². The fraction of sp³-hybridized carbons (Fsp3) is 0.571. The molecule has 3 rings (SSSR count). The van der Waals surface area contributed by atoms with Crippen LogP contribution in [0.4, 0.5) is 0 Å². The number of likely N-dealkylation sites (tertiary alicyclic amines) is 1. The van der Waals surface area contributed by atoms with Crippen LogP contribution in [0.1, 0.15) is 71.2 Å².